The molecule has 2 heterocycles. The molecule has 1 N–H and O–H groups in total. The molecule has 0 aromatic carbocycles. The number of hydrogen-bond acceptors (Lipinski definition) is 5. The third-order valence-electron chi connectivity index (χ3n) is 8.09. The van der Waals surface area contributed by atoms with Crippen molar-refractivity contribution in [2.45, 2.75) is 51.4 Å². The molecule has 1 aromatic heterocycles. The van der Waals surface area contributed by atoms with Crippen molar-refractivity contribution in [3.8, 4) is 0 Å². The molecule has 140 valence electrons. The number of aliphatic hydroxyl groups excluding tert-OH is 1. The van der Waals surface area contributed by atoms with Crippen molar-refractivity contribution in [1.29, 1.82) is 0 Å². The Labute approximate surface area is 153 Å². The molecule has 4 aliphatic rings. The first-order valence-electron chi connectivity index (χ1n) is 9.62. The lowest BCUT2D eigenvalue weighted by Gasteiger charge is -2.52. The summed E-state index contributed by atoms with van der Waals surface area (Å²) in [5, 5.41) is 11.0. The zero-order chi connectivity index (χ0) is 18.2. The maximum absolute atomic E-state index is 12.6. The van der Waals surface area contributed by atoms with Crippen molar-refractivity contribution in [3.63, 3.8) is 0 Å². The van der Waals surface area contributed by atoms with Gasteiger partial charge >= 0.3 is 5.97 Å². The molecule has 0 unspecified atom stereocenters. The lowest BCUT2D eigenvalue weighted by Crippen LogP contribution is -2.53. The second-order valence-corrected chi connectivity index (χ2v) is 8.77. The summed E-state index contributed by atoms with van der Waals surface area (Å²) in [6.07, 6.45) is 11.1. The van der Waals surface area contributed by atoms with Crippen LogP contribution in [0.2, 0.25) is 0 Å². The molecule has 0 amide bonds. The van der Waals surface area contributed by atoms with Crippen LogP contribution in [0.25, 0.3) is 0 Å². The largest absolute Gasteiger partial charge is 0.472 e. The molecule has 0 radical (unpaired) electrons. The van der Waals surface area contributed by atoms with E-state index in [1.54, 1.807) is 12.5 Å². The van der Waals surface area contributed by atoms with E-state index in [0.717, 1.165) is 37.7 Å². The minimum atomic E-state index is -0.796. The Morgan fingerprint density at radius 2 is 2.31 bits per heavy atom. The summed E-state index contributed by atoms with van der Waals surface area (Å²) in [7, 11) is 1.47. The van der Waals surface area contributed by atoms with Gasteiger partial charge in [-0.3, -0.25) is 4.79 Å². The first kappa shape index (κ1) is 16.6. The number of furan rings is 1. The van der Waals surface area contributed by atoms with Gasteiger partial charge in [-0.1, -0.05) is 19.1 Å². The van der Waals surface area contributed by atoms with Crippen LogP contribution >= 0.6 is 0 Å². The fraction of sp³-hybridized carbons (Fsp3) is 0.667. The summed E-state index contributed by atoms with van der Waals surface area (Å²) in [6, 6.07) is 1.98. The van der Waals surface area contributed by atoms with Crippen molar-refractivity contribution in [2.24, 2.45) is 28.1 Å². The smallest absolute Gasteiger partial charge is 0.316 e. The zero-order valence-corrected chi connectivity index (χ0v) is 15.3. The van der Waals surface area contributed by atoms with Crippen molar-refractivity contribution >= 4 is 5.97 Å². The van der Waals surface area contributed by atoms with Crippen LogP contribution in [0.5, 0.6) is 0 Å². The van der Waals surface area contributed by atoms with Crippen LogP contribution in [-0.2, 0) is 20.7 Å². The second kappa shape index (κ2) is 5.23. The van der Waals surface area contributed by atoms with Gasteiger partial charge < -0.3 is 19.0 Å². The minimum Gasteiger partial charge on any atom is -0.472 e. The SMILES string of the molecule is COC(=O)[C@]12C=C[C@H]3O[C@H](O)[C@@]4(CCc5ccoc5)[C@@H](C)CC[C@@]1(C2)[C@@H]34. The lowest BCUT2D eigenvalue weighted by molar-refractivity contribution is -0.161. The molecule has 2 saturated carbocycles. The Bertz CT molecular complexity index is 754. The van der Waals surface area contributed by atoms with Crippen LogP contribution in [0.4, 0.5) is 0 Å². The van der Waals surface area contributed by atoms with E-state index in [0.29, 0.717) is 5.92 Å². The molecule has 1 aromatic rings. The van der Waals surface area contributed by atoms with Gasteiger partial charge in [0.1, 0.15) is 0 Å². The Morgan fingerprint density at radius 3 is 3.04 bits per heavy atom. The van der Waals surface area contributed by atoms with E-state index in [9.17, 15) is 9.90 Å². The van der Waals surface area contributed by atoms with Crippen molar-refractivity contribution < 1.29 is 23.8 Å². The Kier molecular flexibility index (Phi) is 3.33. The molecule has 26 heavy (non-hydrogen) atoms. The molecule has 1 spiro atoms. The number of hydrogen-bond donors (Lipinski definition) is 1. The van der Waals surface area contributed by atoms with E-state index in [4.69, 9.17) is 13.9 Å². The summed E-state index contributed by atoms with van der Waals surface area (Å²) in [4.78, 5) is 12.6. The third kappa shape index (κ3) is 1.76. The monoisotopic (exact) mass is 358 g/mol. The number of ether oxygens (including phenoxy) is 2. The molecular formula is C21H26O5. The van der Waals surface area contributed by atoms with Gasteiger partial charge in [0.2, 0.25) is 0 Å². The number of aliphatic hydroxyl groups is 1. The molecule has 5 nitrogen and oxygen atoms in total. The van der Waals surface area contributed by atoms with Gasteiger partial charge in [0.25, 0.3) is 0 Å². The predicted octanol–water partition coefficient (Wildman–Crippen LogP) is 3.08. The van der Waals surface area contributed by atoms with E-state index in [-0.39, 0.29) is 28.8 Å². The molecule has 1 saturated heterocycles. The van der Waals surface area contributed by atoms with E-state index in [1.165, 1.54) is 7.11 Å². The average molecular weight is 358 g/mol. The standard InChI is InChI=1S/C21H26O5/c1-13-3-7-19-12-20(19,17(22)24-2)8-5-15-16(19)21(13,18(23)26-15)9-4-14-6-10-25-11-14/h5-6,8,10-11,13,15-16,18,23H,3-4,7,9,12H2,1-2H3/t13-,15+,16+,18-,19+,20+,21-/m0/s1. The zero-order valence-electron chi connectivity index (χ0n) is 15.3. The van der Waals surface area contributed by atoms with E-state index >= 15 is 0 Å². The molecular weight excluding hydrogens is 332 g/mol. The summed E-state index contributed by atoms with van der Waals surface area (Å²) in [5.41, 5.74) is 0.168. The topological polar surface area (TPSA) is 68.9 Å². The number of esters is 1. The van der Waals surface area contributed by atoms with Gasteiger partial charge in [-0.15, -0.1) is 0 Å². The van der Waals surface area contributed by atoms with E-state index in [2.05, 4.69) is 6.92 Å². The first-order chi connectivity index (χ1) is 12.5. The number of carbonyl (C=O) groups is 1. The molecule has 3 aliphatic carbocycles. The maximum atomic E-state index is 12.6. The highest BCUT2D eigenvalue weighted by Crippen LogP contribution is 2.81. The highest BCUT2D eigenvalue weighted by molar-refractivity contribution is 5.85. The van der Waals surface area contributed by atoms with Crippen LogP contribution < -0.4 is 0 Å². The minimum absolute atomic E-state index is 0.114. The fourth-order valence-corrected chi connectivity index (χ4v) is 6.73. The van der Waals surface area contributed by atoms with E-state index < -0.39 is 11.7 Å². The first-order valence-corrected chi connectivity index (χ1v) is 9.62. The summed E-state index contributed by atoms with van der Waals surface area (Å²) < 4.78 is 16.5. The molecule has 5 rings (SSSR count). The van der Waals surface area contributed by atoms with Gasteiger partial charge in [0.05, 0.1) is 31.2 Å². The quantitative estimate of drug-likeness (QED) is 0.662. The van der Waals surface area contributed by atoms with Crippen LogP contribution in [0.3, 0.4) is 0 Å². The average Bonchev–Trinajstić information content (AvgIpc) is 2.93. The third-order valence-corrected chi connectivity index (χ3v) is 8.09. The second-order valence-electron chi connectivity index (χ2n) is 8.77. The summed E-state index contributed by atoms with van der Waals surface area (Å²) in [6.45, 7) is 2.23. The summed E-state index contributed by atoms with van der Waals surface area (Å²) >= 11 is 0. The maximum Gasteiger partial charge on any atom is 0.316 e. The normalized spacial score (nSPS) is 48.0. The van der Waals surface area contributed by atoms with Gasteiger partial charge in [0, 0.05) is 11.3 Å². The number of methoxy groups -OCH3 is 1. The predicted molar refractivity (Wildman–Crippen MR) is 92.9 cm³/mol. The van der Waals surface area contributed by atoms with Crippen molar-refractivity contribution in [1.82, 2.24) is 0 Å². The molecule has 1 aliphatic heterocycles. The van der Waals surface area contributed by atoms with Gasteiger partial charge in [-0.2, -0.15) is 0 Å². The molecule has 0 bridgehead atoms. The summed E-state index contributed by atoms with van der Waals surface area (Å²) in [5.74, 6) is 0.365. The van der Waals surface area contributed by atoms with Crippen LogP contribution in [0, 0.1) is 28.1 Å². The van der Waals surface area contributed by atoms with Crippen LogP contribution in [0.15, 0.2) is 35.2 Å². The fourth-order valence-electron chi connectivity index (χ4n) is 6.73. The number of rotatable bonds is 4. The lowest BCUT2D eigenvalue weighted by atomic mass is 9.50. The highest BCUT2D eigenvalue weighted by atomic mass is 16.6. The van der Waals surface area contributed by atoms with Gasteiger partial charge in [0.15, 0.2) is 6.29 Å². The van der Waals surface area contributed by atoms with Gasteiger partial charge in [-0.05, 0) is 55.1 Å². The van der Waals surface area contributed by atoms with Gasteiger partial charge in [-0.25, -0.2) is 0 Å². The van der Waals surface area contributed by atoms with E-state index in [1.807, 2.05) is 18.2 Å². The van der Waals surface area contributed by atoms with Crippen LogP contribution in [0.1, 0.15) is 38.2 Å². The van der Waals surface area contributed by atoms with Crippen LogP contribution in [-0.4, -0.2) is 30.6 Å². The highest BCUT2D eigenvalue weighted by Gasteiger charge is 2.82. The number of carbonyl (C=O) groups excluding carboxylic acids is 1. The van der Waals surface area contributed by atoms with Crippen molar-refractivity contribution in [3.05, 3.63) is 36.3 Å². The Hall–Kier alpha value is -1.59. The Balaban J connectivity index is 1.56. The Morgan fingerprint density at radius 1 is 1.46 bits per heavy atom. The number of aryl methyl sites for hydroxylation is 1. The molecule has 5 heteroatoms. The molecule has 7 atom stereocenters. The molecule has 3 fully saturated rings. The van der Waals surface area contributed by atoms with Crippen molar-refractivity contribution in [2.75, 3.05) is 7.11 Å².